The predicted octanol–water partition coefficient (Wildman–Crippen LogP) is -1.34. The smallest absolute Gasteiger partial charge is 0.223 e. The predicted molar refractivity (Wildman–Crippen MR) is 104 cm³/mol. The number of hydrogen-bond donors (Lipinski definition) is 1. The van der Waals surface area contributed by atoms with E-state index in [1.54, 1.807) is 4.90 Å². The average molecular weight is 366 g/mol. The first-order valence-electron chi connectivity index (χ1n) is 9.91. The van der Waals surface area contributed by atoms with Gasteiger partial charge in [0.2, 0.25) is 5.91 Å². The van der Waals surface area contributed by atoms with E-state index < -0.39 is 0 Å². The van der Waals surface area contributed by atoms with E-state index in [4.69, 9.17) is 0 Å². The van der Waals surface area contributed by atoms with Gasteiger partial charge in [-0.3, -0.25) is 24.5 Å². The summed E-state index contributed by atoms with van der Waals surface area (Å²) in [5.74, 6) is 1.23. The van der Waals surface area contributed by atoms with Crippen LogP contribution in [0.5, 0.6) is 0 Å². The van der Waals surface area contributed by atoms with Gasteiger partial charge in [0.25, 0.3) is 0 Å². The van der Waals surface area contributed by atoms with Crippen LogP contribution < -0.4 is 5.32 Å². The monoisotopic (exact) mass is 365 g/mol. The molecule has 1 N–H and O–H groups in total. The molecule has 26 heavy (non-hydrogen) atoms. The van der Waals surface area contributed by atoms with Crippen molar-refractivity contribution in [2.75, 3.05) is 93.1 Å². The lowest BCUT2D eigenvalue weighted by atomic mass is 10.1. The van der Waals surface area contributed by atoms with E-state index in [0.717, 1.165) is 45.2 Å². The number of aliphatic imine (C=N–C) groups is 1. The second kappa shape index (κ2) is 9.01. The van der Waals surface area contributed by atoms with Crippen molar-refractivity contribution in [3.8, 4) is 0 Å². The second-order valence-electron chi connectivity index (χ2n) is 7.79. The molecule has 0 radical (unpaired) electrons. The van der Waals surface area contributed by atoms with Crippen LogP contribution in [0.2, 0.25) is 0 Å². The quantitative estimate of drug-likeness (QED) is 0.481. The highest BCUT2D eigenvalue weighted by Crippen LogP contribution is 2.15. The Hall–Kier alpha value is -1.38. The molecule has 0 aliphatic carbocycles. The number of carbonyl (C=O) groups is 1. The lowest BCUT2D eigenvalue weighted by molar-refractivity contribution is -0.129. The van der Waals surface area contributed by atoms with Crippen molar-refractivity contribution >= 4 is 11.9 Å². The molecule has 4 heterocycles. The summed E-state index contributed by atoms with van der Waals surface area (Å²) in [6, 6.07) is 0.604. The standard InChI is InChI=1S/C18H35N7O/c1-19-18(20-14-16-15-23-8-10-24(16)11-9-23)25-12-6-22(7-13-25)5-4-17(26)21(2)3/h16H,4-15H2,1-3H3,(H,19,20). The lowest BCUT2D eigenvalue weighted by Gasteiger charge is -2.47. The van der Waals surface area contributed by atoms with Crippen LogP contribution in [-0.2, 0) is 4.79 Å². The number of hydrogen-bond acceptors (Lipinski definition) is 5. The van der Waals surface area contributed by atoms with Gasteiger partial charge < -0.3 is 15.1 Å². The van der Waals surface area contributed by atoms with Gasteiger partial charge in [0, 0.05) is 106 Å². The van der Waals surface area contributed by atoms with E-state index in [9.17, 15) is 4.79 Å². The molecule has 4 aliphatic heterocycles. The number of rotatable bonds is 5. The van der Waals surface area contributed by atoms with Crippen molar-refractivity contribution < 1.29 is 4.79 Å². The molecule has 0 spiro atoms. The molecule has 0 aromatic rings. The highest BCUT2D eigenvalue weighted by molar-refractivity contribution is 5.80. The molecule has 8 nitrogen and oxygen atoms in total. The Morgan fingerprint density at radius 3 is 2.31 bits per heavy atom. The molecule has 148 valence electrons. The van der Waals surface area contributed by atoms with Crippen molar-refractivity contribution in [3.05, 3.63) is 0 Å². The van der Waals surface area contributed by atoms with E-state index in [1.807, 2.05) is 21.1 Å². The summed E-state index contributed by atoms with van der Waals surface area (Å²) < 4.78 is 0. The minimum atomic E-state index is 0.206. The summed E-state index contributed by atoms with van der Waals surface area (Å²) in [6.45, 7) is 11.8. The Balaban J connectivity index is 1.39. The molecule has 1 unspecified atom stereocenters. The summed E-state index contributed by atoms with van der Waals surface area (Å²) in [7, 11) is 5.52. The van der Waals surface area contributed by atoms with Gasteiger partial charge >= 0.3 is 0 Å². The third kappa shape index (κ3) is 4.86. The van der Waals surface area contributed by atoms with Crippen molar-refractivity contribution in [2.45, 2.75) is 12.5 Å². The molecule has 4 rings (SSSR count). The van der Waals surface area contributed by atoms with E-state index in [0.29, 0.717) is 12.5 Å². The fourth-order valence-corrected chi connectivity index (χ4v) is 4.12. The molecule has 0 aromatic carbocycles. The largest absolute Gasteiger partial charge is 0.355 e. The lowest BCUT2D eigenvalue weighted by Crippen LogP contribution is -2.64. The minimum absolute atomic E-state index is 0.206. The van der Waals surface area contributed by atoms with Crippen LogP contribution >= 0.6 is 0 Å². The minimum Gasteiger partial charge on any atom is -0.355 e. The molecule has 4 saturated heterocycles. The zero-order valence-corrected chi connectivity index (χ0v) is 16.7. The first-order chi connectivity index (χ1) is 12.6. The van der Waals surface area contributed by atoms with Gasteiger partial charge in [0.05, 0.1) is 0 Å². The van der Waals surface area contributed by atoms with Crippen LogP contribution in [0.25, 0.3) is 0 Å². The Labute approximate surface area is 157 Å². The van der Waals surface area contributed by atoms with E-state index in [2.05, 4.69) is 29.9 Å². The Morgan fingerprint density at radius 2 is 1.77 bits per heavy atom. The fourth-order valence-electron chi connectivity index (χ4n) is 4.12. The number of guanidine groups is 1. The van der Waals surface area contributed by atoms with Gasteiger partial charge in [-0.25, -0.2) is 0 Å². The number of amides is 1. The van der Waals surface area contributed by atoms with E-state index >= 15 is 0 Å². The number of fused-ring (bicyclic) bond motifs is 3. The zero-order valence-electron chi connectivity index (χ0n) is 16.7. The molecule has 0 saturated carbocycles. The molecular weight excluding hydrogens is 330 g/mol. The highest BCUT2D eigenvalue weighted by Gasteiger charge is 2.32. The van der Waals surface area contributed by atoms with Crippen LogP contribution in [-0.4, -0.2) is 136 Å². The summed E-state index contributed by atoms with van der Waals surface area (Å²) >= 11 is 0. The summed E-state index contributed by atoms with van der Waals surface area (Å²) in [4.78, 5) is 27.8. The van der Waals surface area contributed by atoms with Gasteiger partial charge in [-0.1, -0.05) is 0 Å². The maximum Gasteiger partial charge on any atom is 0.223 e. The summed E-state index contributed by atoms with van der Waals surface area (Å²) in [6.07, 6.45) is 0.605. The van der Waals surface area contributed by atoms with Crippen LogP contribution in [0, 0.1) is 0 Å². The molecule has 4 fully saturated rings. The number of piperazine rings is 4. The molecule has 4 aliphatic rings. The molecule has 1 amide bonds. The third-order valence-electron chi connectivity index (χ3n) is 5.91. The fraction of sp³-hybridized carbons (Fsp3) is 0.889. The topological polar surface area (TPSA) is 57.7 Å². The van der Waals surface area contributed by atoms with Crippen molar-refractivity contribution in [1.82, 2.24) is 29.8 Å². The van der Waals surface area contributed by atoms with Crippen molar-refractivity contribution in [1.29, 1.82) is 0 Å². The summed E-state index contributed by atoms with van der Waals surface area (Å²) in [5, 5.41) is 3.60. The second-order valence-corrected chi connectivity index (χ2v) is 7.79. The van der Waals surface area contributed by atoms with Crippen molar-refractivity contribution in [2.24, 2.45) is 4.99 Å². The Morgan fingerprint density at radius 1 is 1.08 bits per heavy atom. The maximum absolute atomic E-state index is 11.7. The van der Waals surface area contributed by atoms with Gasteiger partial charge in [0.1, 0.15) is 0 Å². The van der Waals surface area contributed by atoms with Gasteiger partial charge in [-0.2, -0.15) is 0 Å². The van der Waals surface area contributed by atoms with Crippen LogP contribution in [0.3, 0.4) is 0 Å². The first-order valence-corrected chi connectivity index (χ1v) is 9.91. The summed E-state index contributed by atoms with van der Waals surface area (Å²) in [5.41, 5.74) is 0. The third-order valence-corrected chi connectivity index (χ3v) is 5.91. The SMILES string of the molecule is CN=C(NCC1CN2CCN1CC2)N1CCN(CCC(=O)N(C)C)CC1. The molecule has 0 aromatic heterocycles. The number of nitrogens with zero attached hydrogens (tertiary/aromatic N) is 6. The van der Waals surface area contributed by atoms with Crippen LogP contribution in [0.15, 0.2) is 4.99 Å². The maximum atomic E-state index is 11.7. The van der Waals surface area contributed by atoms with Gasteiger partial charge in [-0.05, 0) is 0 Å². The van der Waals surface area contributed by atoms with Crippen LogP contribution in [0.4, 0.5) is 0 Å². The normalized spacial score (nSPS) is 29.7. The molecule has 8 heteroatoms. The van der Waals surface area contributed by atoms with Crippen LogP contribution in [0.1, 0.15) is 6.42 Å². The van der Waals surface area contributed by atoms with Gasteiger partial charge in [-0.15, -0.1) is 0 Å². The number of nitrogens with one attached hydrogen (secondary N) is 1. The highest BCUT2D eigenvalue weighted by atomic mass is 16.2. The average Bonchev–Trinajstić information content (AvgIpc) is 2.68. The Kier molecular flexibility index (Phi) is 6.72. The van der Waals surface area contributed by atoms with Crippen molar-refractivity contribution in [3.63, 3.8) is 0 Å². The molecular formula is C18H35N7O. The van der Waals surface area contributed by atoms with E-state index in [-0.39, 0.29) is 5.91 Å². The van der Waals surface area contributed by atoms with Gasteiger partial charge in [0.15, 0.2) is 5.96 Å². The molecule has 2 bridgehead atoms. The Bertz CT molecular complexity index is 494. The first kappa shape index (κ1) is 19.4. The molecule has 1 atom stereocenters. The number of carbonyl (C=O) groups excluding carboxylic acids is 1. The van der Waals surface area contributed by atoms with E-state index in [1.165, 1.54) is 32.7 Å². The zero-order chi connectivity index (χ0) is 18.5.